The van der Waals surface area contributed by atoms with Gasteiger partial charge in [-0.1, -0.05) is 13.0 Å². The maximum Gasteiger partial charge on any atom is 0.0704 e. The number of thiophene rings is 2. The van der Waals surface area contributed by atoms with E-state index in [1.54, 1.807) is 0 Å². The molecular weight excluding hydrogens is 314 g/mol. The molecule has 92 valence electrons. The molecule has 2 rings (SSSR count). The van der Waals surface area contributed by atoms with Gasteiger partial charge in [-0.2, -0.15) is 0 Å². The molecule has 1 N–H and O–H groups in total. The van der Waals surface area contributed by atoms with Crippen LogP contribution in [0.1, 0.15) is 34.7 Å². The Morgan fingerprint density at radius 1 is 1.47 bits per heavy atom. The Hall–Kier alpha value is -0.160. The summed E-state index contributed by atoms with van der Waals surface area (Å²) in [5, 5.41) is 5.78. The fourth-order valence-corrected chi connectivity index (χ4v) is 4.42. The molecule has 4 heteroatoms. The summed E-state index contributed by atoms with van der Waals surface area (Å²) in [4.78, 5) is 2.78. The standard InChI is InChI=1S/C13H16BrNS2/c1-3-6-15-13(11-5-4-7-16-11)10-8-12(14)17-9(10)2/h4-5,7-8,13,15H,3,6H2,1-2H3. The Kier molecular flexibility index (Phi) is 4.79. The number of rotatable bonds is 5. The lowest BCUT2D eigenvalue weighted by Gasteiger charge is -2.17. The lowest BCUT2D eigenvalue weighted by atomic mass is 10.1. The van der Waals surface area contributed by atoms with Crippen LogP contribution in [0.25, 0.3) is 0 Å². The first kappa shape index (κ1) is 13.3. The molecule has 2 heterocycles. The van der Waals surface area contributed by atoms with Crippen LogP contribution in [-0.2, 0) is 0 Å². The van der Waals surface area contributed by atoms with Crippen LogP contribution in [0.15, 0.2) is 27.4 Å². The molecule has 0 bridgehead atoms. The van der Waals surface area contributed by atoms with E-state index in [0.29, 0.717) is 6.04 Å². The van der Waals surface area contributed by atoms with Crippen LogP contribution < -0.4 is 5.32 Å². The first-order valence-electron chi connectivity index (χ1n) is 5.75. The van der Waals surface area contributed by atoms with Gasteiger partial charge in [0, 0.05) is 9.75 Å². The maximum absolute atomic E-state index is 3.64. The highest BCUT2D eigenvalue weighted by molar-refractivity contribution is 9.11. The van der Waals surface area contributed by atoms with E-state index < -0.39 is 0 Å². The van der Waals surface area contributed by atoms with Crippen molar-refractivity contribution in [1.29, 1.82) is 0 Å². The second-order valence-corrected chi connectivity index (χ2v) is 7.58. The molecule has 0 aliphatic heterocycles. The summed E-state index contributed by atoms with van der Waals surface area (Å²) in [6, 6.07) is 6.92. The molecule has 2 aromatic heterocycles. The van der Waals surface area contributed by atoms with Gasteiger partial charge in [-0.25, -0.2) is 0 Å². The Bertz CT molecular complexity index is 462. The van der Waals surface area contributed by atoms with E-state index in [-0.39, 0.29) is 0 Å². The fourth-order valence-electron chi connectivity index (χ4n) is 1.85. The van der Waals surface area contributed by atoms with Gasteiger partial charge in [0.25, 0.3) is 0 Å². The van der Waals surface area contributed by atoms with E-state index in [1.165, 1.54) is 19.1 Å². The van der Waals surface area contributed by atoms with Gasteiger partial charge >= 0.3 is 0 Å². The molecule has 1 nitrogen and oxygen atoms in total. The Morgan fingerprint density at radius 3 is 2.82 bits per heavy atom. The molecule has 0 aliphatic rings. The van der Waals surface area contributed by atoms with Crippen molar-refractivity contribution in [3.63, 3.8) is 0 Å². The maximum atomic E-state index is 3.64. The zero-order valence-electron chi connectivity index (χ0n) is 10.00. The lowest BCUT2D eigenvalue weighted by molar-refractivity contribution is 0.605. The molecule has 0 saturated heterocycles. The highest BCUT2D eigenvalue weighted by atomic mass is 79.9. The summed E-state index contributed by atoms with van der Waals surface area (Å²) in [6.45, 7) is 5.45. The third-order valence-electron chi connectivity index (χ3n) is 2.66. The first-order valence-corrected chi connectivity index (χ1v) is 8.24. The zero-order valence-corrected chi connectivity index (χ0v) is 13.2. The molecule has 0 fully saturated rings. The topological polar surface area (TPSA) is 12.0 Å². The fraction of sp³-hybridized carbons (Fsp3) is 0.385. The van der Waals surface area contributed by atoms with Crippen molar-refractivity contribution in [1.82, 2.24) is 5.32 Å². The van der Waals surface area contributed by atoms with Crippen LogP contribution in [0.3, 0.4) is 0 Å². The smallest absolute Gasteiger partial charge is 0.0704 e. The van der Waals surface area contributed by atoms with Crippen molar-refractivity contribution < 1.29 is 0 Å². The summed E-state index contributed by atoms with van der Waals surface area (Å²) in [5.41, 5.74) is 1.40. The van der Waals surface area contributed by atoms with E-state index in [1.807, 2.05) is 22.7 Å². The molecule has 0 spiro atoms. The Morgan fingerprint density at radius 2 is 2.29 bits per heavy atom. The van der Waals surface area contributed by atoms with Crippen LogP contribution in [0.2, 0.25) is 0 Å². The van der Waals surface area contributed by atoms with Gasteiger partial charge in [0.15, 0.2) is 0 Å². The van der Waals surface area contributed by atoms with Crippen LogP contribution in [-0.4, -0.2) is 6.54 Å². The number of hydrogen-bond donors (Lipinski definition) is 1. The quantitative estimate of drug-likeness (QED) is 0.816. The van der Waals surface area contributed by atoms with Gasteiger partial charge in [0.05, 0.1) is 9.83 Å². The number of halogens is 1. The first-order chi connectivity index (χ1) is 8.22. The average molecular weight is 330 g/mol. The number of nitrogens with one attached hydrogen (secondary N) is 1. The normalized spacial score (nSPS) is 12.9. The van der Waals surface area contributed by atoms with Crippen LogP contribution >= 0.6 is 38.6 Å². The summed E-state index contributed by atoms with van der Waals surface area (Å²) in [5.74, 6) is 0. The molecule has 0 amide bonds. The van der Waals surface area contributed by atoms with Gasteiger partial charge in [-0.15, -0.1) is 22.7 Å². The highest BCUT2D eigenvalue weighted by Gasteiger charge is 2.18. The van der Waals surface area contributed by atoms with E-state index in [0.717, 1.165) is 13.0 Å². The van der Waals surface area contributed by atoms with E-state index in [2.05, 4.69) is 58.7 Å². The zero-order chi connectivity index (χ0) is 12.3. The van der Waals surface area contributed by atoms with Crippen LogP contribution in [0, 0.1) is 6.92 Å². The second-order valence-electron chi connectivity index (χ2n) is 3.96. The largest absolute Gasteiger partial charge is 0.306 e. The highest BCUT2D eigenvalue weighted by Crippen LogP contribution is 2.35. The predicted molar refractivity (Wildman–Crippen MR) is 81.2 cm³/mol. The van der Waals surface area contributed by atoms with E-state index in [4.69, 9.17) is 0 Å². The average Bonchev–Trinajstić information content (AvgIpc) is 2.90. The number of aryl methyl sites for hydroxylation is 1. The van der Waals surface area contributed by atoms with Gasteiger partial charge in [0.2, 0.25) is 0 Å². The monoisotopic (exact) mass is 329 g/mol. The van der Waals surface area contributed by atoms with E-state index in [9.17, 15) is 0 Å². The third-order valence-corrected chi connectivity index (χ3v) is 5.17. The van der Waals surface area contributed by atoms with Gasteiger partial charge in [-0.3, -0.25) is 0 Å². The molecular formula is C13H16BrNS2. The van der Waals surface area contributed by atoms with Crippen molar-refractivity contribution in [3.8, 4) is 0 Å². The lowest BCUT2D eigenvalue weighted by Crippen LogP contribution is -2.22. The molecule has 0 aromatic carbocycles. The minimum Gasteiger partial charge on any atom is -0.306 e. The third kappa shape index (κ3) is 3.19. The van der Waals surface area contributed by atoms with Crippen molar-refractivity contribution in [2.75, 3.05) is 6.54 Å². The Labute approximate surface area is 119 Å². The van der Waals surface area contributed by atoms with Crippen molar-refractivity contribution in [3.05, 3.63) is 42.7 Å². The van der Waals surface area contributed by atoms with E-state index >= 15 is 0 Å². The molecule has 1 atom stereocenters. The second kappa shape index (κ2) is 6.14. The van der Waals surface area contributed by atoms with Crippen LogP contribution in [0.5, 0.6) is 0 Å². The minimum atomic E-state index is 0.345. The molecule has 0 saturated carbocycles. The molecule has 0 radical (unpaired) electrons. The van der Waals surface area contributed by atoms with Gasteiger partial charge < -0.3 is 5.32 Å². The van der Waals surface area contributed by atoms with Crippen molar-refractivity contribution in [2.45, 2.75) is 26.3 Å². The van der Waals surface area contributed by atoms with Crippen LogP contribution in [0.4, 0.5) is 0 Å². The molecule has 17 heavy (non-hydrogen) atoms. The molecule has 1 unspecified atom stereocenters. The van der Waals surface area contributed by atoms with Crippen molar-refractivity contribution in [2.24, 2.45) is 0 Å². The van der Waals surface area contributed by atoms with Gasteiger partial charge in [0.1, 0.15) is 0 Å². The SMILES string of the molecule is CCCNC(c1cccs1)c1cc(Br)sc1C. The summed E-state index contributed by atoms with van der Waals surface area (Å²) >= 11 is 7.21. The summed E-state index contributed by atoms with van der Waals surface area (Å²) in [6.07, 6.45) is 1.16. The number of hydrogen-bond acceptors (Lipinski definition) is 3. The van der Waals surface area contributed by atoms with Gasteiger partial charge in [-0.05, 0) is 58.9 Å². The summed E-state index contributed by atoms with van der Waals surface area (Å²) < 4.78 is 1.21. The predicted octanol–water partition coefficient (Wildman–Crippen LogP) is 4.97. The molecule has 2 aromatic rings. The minimum absolute atomic E-state index is 0.345. The Balaban J connectivity index is 2.30. The molecule has 0 aliphatic carbocycles. The van der Waals surface area contributed by atoms with Crippen molar-refractivity contribution >= 4 is 38.6 Å². The summed E-state index contributed by atoms with van der Waals surface area (Å²) in [7, 11) is 0.